The van der Waals surface area contributed by atoms with Gasteiger partial charge in [-0.25, -0.2) is 0 Å². The lowest BCUT2D eigenvalue weighted by atomic mass is 10.4. The molecule has 0 fully saturated rings. The average molecular weight is 225 g/mol. The van der Waals surface area contributed by atoms with Crippen LogP contribution in [0.15, 0.2) is 35.2 Å². The third-order valence-corrected chi connectivity index (χ3v) is 3.28. The van der Waals surface area contributed by atoms with E-state index < -0.39 is 0 Å². The summed E-state index contributed by atoms with van der Waals surface area (Å²) in [6, 6.07) is 10.5. The molecule has 0 saturated carbocycles. The molecule has 0 saturated heterocycles. The summed E-state index contributed by atoms with van der Waals surface area (Å²) in [5.74, 6) is 1.14. The molecule has 0 bridgehead atoms. The Hall–Kier alpha value is -0.510. The molecule has 0 heterocycles. The molecule has 0 radical (unpaired) electrons. The fourth-order valence-corrected chi connectivity index (χ4v) is 2.18. The van der Waals surface area contributed by atoms with Gasteiger partial charge in [0.05, 0.1) is 6.61 Å². The fraction of sp³-hybridized carbons (Fsp3) is 0.500. The standard InChI is InChI=1S/C12H19NOS/c1-13(9-10-14)8-5-11-15-12-6-3-2-4-7-12/h2-4,6-7,14H,5,8-11H2,1H3. The molecule has 0 aromatic heterocycles. The van der Waals surface area contributed by atoms with Crippen LogP contribution >= 0.6 is 11.8 Å². The highest BCUT2D eigenvalue weighted by Gasteiger charge is 1.97. The summed E-state index contributed by atoms with van der Waals surface area (Å²) >= 11 is 1.89. The first-order chi connectivity index (χ1) is 7.33. The van der Waals surface area contributed by atoms with Gasteiger partial charge in [0.25, 0.3) is 0 Å². The second-order valence-corrected chi connectivity index (χ2v) is 4.71. The number of likely N-dealkylation sites (N-methyl/N-ethyl adjacent to an activating group) is 1. The predicted octanol–water partition coefficient (Wildman–Crippen LogP) is 2.09. The Morgan fingerprint density at radius 2 is 1.93 bits per heavy atom. The van der Waals surface area contributed by atoms with Gasteiger partial charge in [-0.1, -0.05) is 18.2 Å². The zero-order valence-corrected chi connectivity index (χ0v) is 10.0. The number of nitrogens with zero attached hydrogens (tertiary/aromatic N) is 1. The first kappa shape index (κ1) is 12.6. The van der Waals surface area contributed by atoms with E-state index in [0.717, 1.165) is 25.3 Å². The molecule has 0 aliphatic heterocycles. The van der Waals surface area contributed by atoms with E-state index in [1.165, 1.54) is 4.90 Å². The van der Waals surface area contributed by atoms with E-state index in [-0.39, 0.29) is 6.61 Å². The summed E-state index contributed by atoms with van der Waals surface area (Å²) in [6.07, 6.45) is 1.16. The van der Waals surface area contributed by atoms with Crippen LogP contribution in [-0.2, 0) is 0 Å². The van der Waals surface area contributed by atoms with Gasteiger partial charge in [0, 0.05) is 11.4 Å². The van der Waals surface area contributed by atoms with Gasteiger partial charge in [0.2, 0.25) is 0 Å². The molecule has 0 unspecified atom stereocenters. The van der Waals surface area contributed by atoms with Crippen molar-refractivity contribution in [3.05, 3.63) is 30.3 Å². The Kier molecular flexibility index (Phi) is 6.48. The fourth-order valence-electron chi connectivity index (χ4n) is 1.32. The maximum Gasteiger partial charge on any atom is 0.0558 e. The summed E-state index contributed by atoms with van der Waals surface area (Å²) in [7, 11) is 2.05. The van der Waals surface area contributed by atoms with Crippen LogP contribution in [0.3, 0.4) is 0 Å². The van der Waals surface area contributed by atoms with Crippen LogP contribution < -0.4 is 0 Å². The van der Waals surface area contributed by atoms with Crippen molar-refractivity contribution in [3.63, 3.8) is 0 Å². The normalized spacial score (nSPS) is 10.9. The molecule has 0 amide bonds. The molecule has 84 valence electrons. The quantitative estimate of drug-likeness (QED) is 0.568. The topological polar surface area (TPSA) is 23.5 Å². The molecule has 0 spiro atoms. The minimum absolute atomic E-state index is 0.252. The van der Waals surface area contributed by atoms with E-state index in [0.29, 0.717) is 0 Å². The molecule has 15 heavy (non-hydrogen) atoms. The minimum Gasteiger partial charge on any atom is -0.395 e. The Bertz CT molecular complexity index is 253. The molecular weight excluding hydrogens is 206 g/mol. The number of hydrogen-bond acceptors (Lipinski definition) is 3. The maximum absolute atomic E-state index is 8.72. The average Bonchev–Trinajstić information content (AvgIpc) is 2.26. The van der Waals surface area contributed by atoms with Crippen LogP contribution in [0.1, 0.15) is 6.42 Å². The van der Waals surface area contributed by atoms with E-state index in [4.69, 9.17) is 5.11 Å². The summed E-state index contributed by atoms with van der Waals surface area (Å²) in [5.41, 5.74) is 0. The monoisotopic (exact) mass is 225 g/mol. The molecule has 1 rings (SSSR count). The Labute approximate surface area is 96.3 Å². The lowest BCUT2D eigenvalue weighted by molar-refractivity contribution is 0.222. The first-order valence-corrected chi connectivity index (χ1v) is 6.28. The molecule has 1 aromatic carbocycles. The zero-order valence-electron chi connectivity index (χ0n) is 9.22. The van der Waals surface area contributed by atoms with E-state index in [1.54, 1.807) is 0 Å². The highest BCUT2D eigenvalue weighted by molar-refractivity contribution is 7.99. The van der Waals surface area contributed by atoms with E-state index >= 15 is 0 Å². The molecule has 1 N–H and O–H groups in total. The van der Waals surface area contributed by atoms with E-state index in [9.17, 15) is 0 Å². The summed E-state index contributed by atoms with van der Waals surface area (Å²) < 4.78 is 0. The number of aliphatic hydroxyl groups is 1. The highest BCUT2D eigenvalue weighted by Crippen LogP contribution is 2.17. The van der Waals surface area contributed by atoms with Crippen molar-refractivity contribution in [3.8, 4) is 0 Å². The summed E-state index contributed by atoms with van der Waals surface area (Å²) in [6.45, 7) is 2.08. The second kappa shape index (κ2) is 7.74. The van der Waals surface area contributed by atoms with Gasteiger partial charge < -0.3 is 10.0 Å². The number of aliphatic hydroxyl groups excluding tert-OH is 1. The Balaban J connectivity index is 2.07. The highest BCUT2D eigenvalue weighted by atomic mass is 32.2. The number of rotatable bonds is 7. The van der Waals surface area contributed by atoms with Crippen LogP contribution in [0.25, 0.3) is 0 Å². The third-order valence-electron chi connectivity index (χ3n) is 2.18. The van der Waals surface area contributed by atoms with Crippen molar-refractivity contribution in [2.45, 2.75) is 11.3 Å². The van der Waals surface area contributed by atoms with Gasteiger partial charge in [0.1, 0.15) is 0 Å². The van der Waals surface area contributed by atoms with Crippen LogP contribution in [0, 0.1) is 0 Å². The molecule has 3 heteroatoms. The molecule has 1 aromatic rings. The van der Waals surface area contributed by atoms with Gasteiger partial charge in [-0.05, 0) is 37.9 Å². The molecule has 0 aliphatic carbocycles. The van der Waals surface area contributed by atoms with Crippen molar-refractivity contribution in [2.24, 2.45) is 0 Å². The van der Waals surface area contributed by atoms with Crippen molar-refractivity contribution in [1.29, 1.82) is 0 Å². The summed E-state index contributed by atoms with van der Waals surface area (Å²) in [4.78, 5) is 3.49. The SMILES string of the molecule is CN(CCO)CCCSc1ccccc1. The Morgan fingerprint density at radius 1 is 1.20 bits per heavy atom. The van der Waals surface area contributed by atoms with Gasteiger partial charge in [-0.15, -0.1) is 11.8 Å². The zero-order chi connectivity index (χ0) is 10.9. The lowest BCUT2D eigenvalue weighted by Crippen LogP contribution is -2.23. The minimum atomic E-state index is 0.252. The van der Waals surface area contributed by atoms with Gasteiger partial charge in [-0.3, -0.25) is 0 Å². The van der Waals surface area contributed by atoms with Gasteiger partial charge in [0.15, 0.2) is 0 Å². The van der Waals surface area contributed by atoms with Crippen LogP contribution in [0.4, 0.5) is 0 Å². The number of thioether (sulfide) groups is 1. The molecular formula is C12H19NOS. The van der Waals surface area contributed by atoms with E-state index in [1.807, 2.05) is 24.9 Å². The van der Waals surface area contributed by atoms with Crippen LogP contribution in [-0.4, -0.2) is 42.5 Å². The first-order valence-electron chi connectivity index (χ1n) is 5.30. The van der Waals surface area contributed by atoms with Gasteiger partial charge >= 0.3 is 0 Å². The molecule has 2 nitrogen and oxygen atoms in total. The Morgan fingerprint density at radius 3 is 2.60 bits per heavy atom. The third kappa shape index (κ3) is 5.82. The largest absolute Gasteiger partial charge is 0.395 e. The van der Waals surface area contributed by atoms with Crippen molar-refractivity contribution in [1.82, 2.24) is 4.90 Å². The smallest absolute Gasteiger partial charge is 0.0558 e. The predicted molar refractivity (Wildman–Crippen MR) is 66.4 cm³/mol. The second-order valence-electron chi connectivity index (χ2n) is 3.54. The number of benzene rings is 1. The molecule has 0 aliphatic rings. The van der Waals surface area contributed by atoms with Crippen molar-refractivity contribution >= 4 is 11.8 Å². The van der Waals surface area contributed by atoms with Crippen LogP contribution in [0.5, 0.6) is 0 Å². The van der Waals surface area contributed by atoms with Crippen LogP contribution in [0.2, 0.25) is 0 Å². The number of hydrogen-bond donors (Lipinski definition) is 1. The van der Waals surface area contributed by atoms with E-state index in [2.05, 4.69) is 29.2 Å². The molecule has 0 atom stereocenters. The van der Waals surface area contributed by atoms with Crippen molar-refractivity contribution < 1.29 is 5.11 Å². The maximum atomic E-state index is 8.72. The summed E-state index contributed by atoms with van der Waals surface area (Å²) in [5, 5.41) is 8.72. The lowest BCUT2D eigenvalue weighted by Gasteiger charge is -2.14. The van der Waals surface area contributed by atoms with Gasteiger partial charge in [-0.2, -0.15) is 0 Å². The van der Waals surface area contributed by atoms with Crippen molar-refractivity contribution in [2.75, 3.05) is 32.5 Å².